The maximum Gasteiger partial charge on any atom is 0.346 e. The molecule has 4 nitrogen and oxygen atoms in total. The summed E-state index contributed by atoms with van der Waals surface area (Å²) in [5.41, 5.74) is 1.95. The normalized spacial score (nSPS) is 19.1. The second-order valence-electron chi connectivity index (χ2n) is 3.27. The lowest BCUT2D eigenvalue weighted by Crippen LogP contribution is -2.37. The molecular weight excluding hydrogens is 182 g/mol. The lowest BCUT2D eigenvalue weighted by Gasteiger charge is -2.25. The van der Waals surface area contributed by atoms with Gasteiger partial charge in [0.25, 0.3) is 0 Å². The Morgan fingerprint density at radius 3 is 3.14 bits per heavy atom. The molecule has 1 heterocycles. The van der Waals surface area contributed by atoms with Crippen molar-refractivity contribution >= 4 is 11.7 Å². The number of carboxylic acids is 1. The maximum atomic E-state index is 10.7. The van der Waals surface area contributed by atoms with Crippen LogP contribution in [0.1, 0.15) is 5.56 Å². The molecule has 1 aliphatic heterocycles. The molecule has 1 aliphatic rings. The summed E-state index contributed by atoms with van der Waals surface area (Å²) in [4.78, 5) is 10.7. The van der Waals surface area contributed by atoms with Crippen molar-refractivity contribution in [3.05, 3.63) is 23.8 Å². The second-order valence-corrected chi connectivity index (χ2v) is 3.27. The number of rotatable bonds is 1. The van der Waals surface area contributed by atoms with E-state index in [9.17, 15) is 4.79 Å². The average molecular weight is 193 g/mol. The molecule has 1 aromatic carbocycles. The number of hydrogen-bond acceptors (Lipinski definition) is 3. The minimum absolute atomic E-state index is 0.313. The Bertz CT molecular complexity index is 376. The van der Waals surface area contributed by atoms with Crippen molar-refractivity contribution in [3.63, 3.8) is 0 Å². The molecule has 0 bridgehead atoms. The van der Waals surface area contributed by atoms with Gasteiger partial charge in [0.2, 0.25) is 6.10 Å². The number of aryl methyl sites for hydroxylation is 1. The van der Waals surface area contributed by atoms with Gasteiger partial charge in [0.1, 0.15) is 5.75 Å². The molecule has 2 N–H and O–H groups in total. The Kier molecular flexibility index (Phi) is 2.04. The minimum atomic E-state index is -0.940. The largest absolute Gasteiger partial charge is 0.478 e. The average Bonchev–Trinajstić information content (AvgIpc) is 2.17. The summed E-state index contributed by atoms with van der Waals surface area (Å²) in [6.07, 6.45) is -0.788. The number of anilines is 1. The molecule has 0 aliphatic carbocycles. The quantitative estimate of drug-likeness (QED) is 0.704. The molecular formula is C10H11NO3. The maximum absolute atomic E-state index is 10.7. The van der Waals surface area contributed by atoms with Crippen molar-refractivity contribution in [1.29, 1.82) is 0 Å². The van der Waals surface area contributed by atoms with E-state index in [4.69, 9.17) is 9.84 Å². The number of aliphatic carboxylic acids is 1. The fourth-order valence-electron chi connectivity index (χ4n) is 1.49. The van der Waals surface area contributed by atoms with Crippen LogP contribution in [0.5, 0.6) is 5.75 Å². The summed E-state index contributed by atoms with van der Waals surface area (Å²) >= 11 is 0. The zero-order chi connectivity index (χ0) is 10.1. The van der Waals surface area contributed by atoms with Gasteiger partial charge < -0.3 is 15.2 Å². The molecule has 0 amide bonds. The van der Waals surface area contributed by atoms with E-state index in [1.807, 2.05) is 19.1 Å². The topological polar surface area (TPSA) is 58.6 Å². The molecule has 1 aromatic rings. The van der Waals surface area contributed by atoms with Gasteiger partial charge in [-0.15, -0.1) is 0 Å². The number of fused-ring (bicyclic) bond motifs is 1. The number of carbonyl (C=O) groups is 1. The zero-order valence-corrected chi connectivity index (χ0v) is 7.78. The van der Waals surface area contributed by atoms with E-state index in [2.05, 4.69) is 5.32 Å². The molecule has 0 radical (unpaired) electrons. The highest BCUT2D eigenvalue weighted by Crippen LogP contribution is 2.31. The lowest BCUT2D eigenvalue weighted by molar-refractivity contribution is -0.144. The summed E-state index contributed by atoms with van der Waals surface area (Å²) in [5, 5.41) is 11.8. The van der Waals surface area contributed by atoms with E-state index in [0.29, 0.717) is 12.3 Å². The first-order chi connectivity index (χ1) is 6.68. The van der Waals surface area contributed by atoms with Crippen molar-refractivity contribution in [2.45, 2.75) is 13.0 Å². The first kappa shape index (κ1) is 8.87. The number of para-hydroxylation sites is 1. The monoisotopic (exact) mass is 193 g/mol. The number of ether oxygens (including phenoxy) is 1. The Morgan fingerprint density at radius 1 is 1.64 bits per heavy atom. The SMILES string of the molecule is Cc1cccc2c1NCC(C(=O)O)O2. The van der Waals surface area contributed by atoms with E-state index in [0.717, 1.165) is 11.3 Å². The summed E-state index contributed by atoms with van der Waals surface area (Å²) in [6.45, 7) is 2.27. The molecule has 4 heteroatoms. The Morgan fingerprint density at radius 2 is 2.43 bits per heavy atom. The highest BCUT2D eigenvalue weighted by Gasteiger charge is 2.25. The van der Waals surface area contributed by atoms with E-state index < -0.39 is 12.1 Å². The van der Waals surface area contributed by atoms with Crippen molar-refractivity contribution in [2.24, 2.45) is 0 Å². The van der Waals surface area contributed by atoms with Crippen LogP contribution in [-0.2, 0) is 4.79 Å². The Labute approximate surface area is 81.5 Å². The smallest absolute Gasteiger partial charge is 0.346 e. The Hall–Kier alpha value is -1.71. The van der Waals surface area contributed by atoms with Gasteiger partial charge in [0.15, 0.2) is 0 Å². The number of carboxylic acid groups (broad SMARTS) is 1. The van der Waals surface area contributed by atoms with Gasteiger partial charge in [0.05, 0.1) is 12.2 Å². The van der Waals surface area contributed by atoms with E-state index >= 15 is 0 Å². The van der Waals surface area contributed by atoms with E-state index in [-0.39, 0.29) is 0 Å². The summed E-state index contributed by atoms with van der Waals surface area (Å²) in [5.74, 6) is -0.326. The first-order valence-electron chi connectivity index (χ1n) is 4.41. The fraction of sp³-hybridized carbons (Fsp3) is 0.300. The van der Waals surface area contributed by atoms with Crippen LogP contribution >= 0.6 is 0 Å². The molecule has 0 aromatic heterocycles. The van der Waals surface area contributed by atoms with Gasteiger partial charge >= 0.3 is 5.97 Å². The Balaban J connectivity index is 2.31. The van der Waals surface area contributed by atoms with Crippen LogP contribution in [0.2, 0.25) is 0 Å². The molecule has 14 heavy (non-hydrogen) atoms. The molecule has 0 saturated carbocycles. The van der Waals surface area contributed by atoms with Crippen LogP contribution in [-0.4, -0.2) is 23.7 Å². The van der Waals surface area contributed by atoms with Gasteiger partial charge in [-0.3, -0.25) is 0 Å². The predicted molar refractivity (Wildman–Crippen MR) is 51.7 cm³/mol. The molecule has 74 valence electrons. The highest BCUT2D eigenvalue weighted by atomic mass is 16.5. The third kappa shape index (κ3) is 1.39. The van der Waals surface area contributed by atoms with Crippen LogP contribution in [0, 0.1) is 6.92 Å². The van der Waals surface area contributed by atoms with Crippen molar-refractivity contribution < 1.29 is 14.6 Å². The number of nitrogens with one attached hydrogen (secondary N) is 1. The first-order valence-corrected chi connectivity index (χ1v) is 4.41. The van der Waals surface area contributed by atoms with Crippen LogP contribution < -0.4 is 10.1 Å². The molecule has 0 saturated heterocycles. The second kappa shape index (κ2) is 3.21. The van der Waals surface area contributed by atoms with Crippen LogP contribution in [0.3, 0.4) is 0 Å². The van der Waals surface area contributed by atoms with Gasteiger partial charge in [0, 0.05) is 0 Å². The molecule has 1 atom stereocenters. The third-order valence-corrected chi connectivity index (χ3v) is 2.24. The predicted octanol–water partition coefficient (Wildman–Crippen LogP) is 1.25. The van der Waals surface area contributed by atoms with Crippen molar-refractivity contribution in [2.75, 3.05) is 11.9 Å². The third-order valence-electron chi connectivity index (χ3n) is 2.24. The van der Waals surface area contributed by atoms with Crippen LogP contribution in [0.15, 0.2) is 18.2 Å². The van der Waals surface area contributed by atoms with Gasteiger partial charge in [-0.2, -0.15) is 0 Å². The minimum Gasteiger partial charge on any atom is -0.478 e. The van der Waals surface area contributed by atoms with Crippen LogP contribution in [0.25, 0.3) is 0 Å². The number of hydrogen-bond donors (Lipinski definition) is 2. The number of benzene rings is 1. The standard InChI is InChI=1S/C10H11NO3/c1-6-3-2-4-7-9(6)11-5-8(14-7)10(12)13/h2-4,8,11H,5H2,1H3,(H,12,13). The molecule has 0 fully saturated rings. The fourth-order valence-corrected chi connectivity index (χ4v) is 1.49. The van der Waals surface area contributed by atoms with Crippen LogP contribution in [0.4, 0.5) is 5.69 Å². The lowest BCUT2D eigenvalue weighted by atomic mass is 10.1. The van der Waals surface area contributed by atoms with Crippen molar-refractivity contribution in [1.82, 2.24) is 0 Å². The van der Waals surface area contributed by atoms with Gasteiger partial charge in [-0.25, -0.2) is 4.79 Å². The zero-order valence-electron chi connectivity index (χ0n) is 7.78. The molecule has 2 rings (SSSR count). The molecule has 1 unspecified atom stereocenters. The van der Waals surface area contributed by atoms with E-state index in [1.165, 1.54) is 0 Å². The summed E-state index contributed by atoms with van der Waals surface area (Å²) in [7, 11) is 0. The summed E-state index contributed by atoms with van der Waals surface area (Å²) < 4.78 is 5.31. The summed E-state index contributed by atoms with van der Waals surface area (Å²) in [6, 6.07) is 5.57. The van der Waals surface area contributed by atoms with E-state index in [1.54, 1.807) is 6.07 Å². The van der Waals surface area contributed by atoms with Crippen molar-refractivity contribution in [3.8, 4) is 5.75 Å². The molecule has 0 spiro atoms. The highest BCUT2D eigenvalue weighted by molar-refractivity contribution is 5.76. The van der Waals surface area contributed by atoms with Gasteiger partial charge in [-0.05, 0) is 18.6 Å². The van der Waals surface area contributed by atoms with Gasteiger partial charge in [-0.1, -0.05) is 12.1 Å².